The van der Waals surface area contributed by atoms with Gasteiger partial charge < -0.3 is 24.5 Å². The highest BCUT2D eigenvalue weighted by Crippen LogP contribution is 2.33. The number of amides is 1. The summed E-state index contributed by atoms with van der Waals surface area (Å²) in [6, 6.07) is 10.4. The van der Waals surface area contributed by atoms with Crippen LogP contribution in [0.1, 0.15) is 22.3 Å². The largest absolute Gasteiger partial charge is 0.495 e. The summed E-state index contributed by atoms with van der Waals surface area (Å²) in [7, 11) is 3.39. The Morgan fingerprint density at radius 2 is 2.03 bits per heavy atom. The van der Waals surface area contributed by atoms with Crippen LogP contribution in [0.15, 0.2) is 55.0 Å². The highest BCUT2D eigenvalue weighted by molar-refractivity contribution is 6.08. The third kappa shape index (κ3) is 4.52. The highest BCUT2D eigenvalue weighted by Gasteiger charge is 2.28. The molecule has 0 saturated carbocycles. The normalized spacial score (nSPS) is 18.1. The summed E-state index contributed by atoms with van der Waals surface area (Å²) >= 11 is 0. The second-order valence-electron chi connectivity index (χ2n) is 8.75. The molecule has 1 aliphatic rings. The second kappa shape index (κ2) is 9.52. The summed E-state index contributed by atoms with van der Waals surface area (Å²) in [6.45, 7) is 1.02. The summed E-state index contributed by atoms with van der Waals surface area (Å²) in [5, 5.41) is 17.4. The third-order valence-electron chi connectivity index (χ3n) is 6.38. The number of benzene rings is 2. The predicted molar refractivity (Wildman–Crippen MR) is 129 cm³/mol. The minimum Gasteiger partial charge on any atom is -0.495 e. The number of fused-ring (bicyclic) bond motifs is 1. The Bertz CT molecular complexity index is 1360. The molecule has 9 heteroatoms. The minimum atomic E-state index is -0.807. The minimum absolute atomic E-state index is 0.157. The first-order chi connectivity index (χ1) is 16.9. The van der Waals surface area contributed by atoms with E-state index >= 15 is 4.39 Å². The van der Waals surface area contributed by atoms with Crippen molar-refractivity contribution >= 4 is 16.8 Å². The van der Waals surface area contributed by atoms with Crippen molar-refractivity contribution in [3.8, 4) is 16.9 Å². The van der Waals surface area contributed by atoms with Gasteiger partial charge in [0.25, 0.3) is 5.91 Å². The van der Waals surface area contributed by atoms with E-state index in [2.05, 4.69) is 10.4 Å². The van der Waals surface area contributed by atoms with E-state index < -0.39 is 23.9 Å². The number of halogens is 1. The number of hydrogen-bond acceptors (Lipinski definition) is 5. The summed E-state index contributed by atoms with van der Waals surface area (Å²) in [5.41, 5.74) is 3.73. The van der Waals surface area contributed by atoms with E-state index in [9.17, 15) is 9.90 Å². The van der Waals surface area contributed by atoms with E-state index in [0.717, 1.165) is 16.7 Å². The Labute approximate surface area is 201 Å². The van der Waals surface area contributed by atoms with Crippen LogP contribution < -0.4 is 10.1 Å². The zero-order valence-electron chi connectivity index (χ0n) is 19.6. The number of hydrogen-bond donors (Lipinski definition) is 2. The third-order valence-corrected chi connectivity index (χ3v) is 6.38. The fraction of sp³-hybridized carbons (Fsp3) is 0.308. The Balaban J connectivity index is 1.49. The number of aromatic nitrogens is 3. The van der Waals surface area contributed by atoms with E-state index in [-0.39, 0.29) is 17.6 Å². The molecule has 35 heavy (non-hydrogen) atoms. The van der Waals surface area contributed by atoms with Crippen LogP contribution in [0.25, 0.3) is 22.0 Å². The fourth-order valence-electron chi connectivity index (χ4n) is 4.54. The Morgan fingerprint density at radius 1 is 1.23 bits per heavy atom. The number of ether oxygens (including phenoxy) is 2. The Hall–Kier alpha value is -3.69. The lowest BCUT2D eigenvalue weighted by Crippen LogP contribution is -2.48. The molecule has 1 fully saturated rings. The van der Waals surface area contributed by atoms with Gasteiger partial charge >= 0.3 is 0 Å². The summed E-state index contributed by atoms with van der Waals surface area (Å²) < 4.78 is 29.4. The average molecular weight is 479 g/mol. The molecule has 0 unspecified atom stereocenters. The highest BCUT2D eigenvalue weighted by atomic mass is 19.1. The number of nitrogens with one attached hydrogen (secondary N) is 1. The van der Waals surface area contributed by atoms with Gasteiger partial charge in [0.05, 0.1) is 48.5 Å². The van der Waals surface area contributed by atoms with Crippen molar-refractivity contribution in [3.05, 3.63) is 71.9 Å². The van der Waals surface area contributed by atoms with Gasteiger partial charge in [-0.05, 0) is 29.7 Å². The molecule has 2 atom stereocenters. The van der Waals surface area contributed by atoms with Gasteiger partial charge in [0.15, 0.2) is 0 Å². The Morgan fingerprint density at radius 3 is 2.71 bits per heavy atom. The molecule has 0 radical (unpaired) electrons. The van der Waals surface area contributed by atoms with Crippen LogP contribution in [0.3, 0.4) is 0 Å². The van der Waals surface area contributed by atoms with Gasteiger partial charge in [-0.25, -0.2) is 4.39 Å². The van der Waals surface area contributed by atoms with Gasteiger partial charge in [0.1, 0.15) is 11.6 Å². The Kier molecular flexibility index (Phi) is 6.27. The number of aryl methyl sites for hydroxylation is 1. The van der Waals surface area contributed by atoms with Crippen molar-refractivity contribution in [2.24, 2.45) is 7.05 Å². The molecule has 182 valence electrons. The van der Waals surface area contributed by atoms with Crippen LogP contribution in [0.4, 0.5) is 4.39 Å². The standard InChI is InChI=1S/C26H27FN4O4/c1-30-13-18(11-28-30)17-5-3-16(4-6-17)12-31-14-19(24-20(27)7-8-23(34-2)25(24)31)26(33)29-21-9-10-35-15-22(21)32/h3-8,11,13-14,21-22,32H,9-10,12,15H2,1-2H3,(H,29,33)/t21-,22-/m0/s1. The molecule has 0 aliphatic carbocycles. The first-order valence-corrected chi connectivity index (χ1v) is 11.4. The van der Waals surface area contributed by atoms with Gasteiger partial charge in [0, 0.05) is 38.2 Å². The summed E-state index contributed by atoms with van der Waals surface area (Å²) in [4.78, 5) is 13.2. The number of aliphatic hydroxyl groups excluding tert-OH is 1. The van der Waals surface area contributed by atoms with Crippen molar-refractivity contribution < 1.29 is 23.8 Å². The molecular formula is C26H27FN4O4. The van der Waals surface area contributed by atoms with Crippen LogP contribution in [-0.2, 0) is 18.3 Å². The number of carbonyl (C=O) groups excluding carboxylic acids is 1. The van der Waals surface area contributed by atoms with Gasteiger partial charge in [-0.2, -0.15) is 5.10 Å². The van der Waals surface area contributed by atoms with E-state index in [0.29, 0.717) is 30.8 Å². The van der Waals surface area contributed by atoms with Gasteiger partial charge in [-0.15, -0.1) is 0 Å². The molecule has 2 aromatic heterocycles. The fourth-order valence-corrected chi connectivity index (χ4v) is 4.54. The molecule has 0 bridgehead atoms. The van der Waals surface area contributed by atoms with Gasteiger partial charge in [0.2, 0.25) is 0 Å². The van der Waals surface area contributed by atoms with Crippen molar-refractivity contribution in [3.63, 3.8) is 0 Å². The molecule has 1 amide bonds. The lowest BCUT2D eigenvalue weighted by Gasteiger charge is -2.28. The van der Waals surface area contributed by atoms with Crippen molar-refractivity contribution in [1.82, 2.24) is 19.7 Å². The van der Waals surface area contributed by atoms with Gasteiger partial charge in [-0.3, -0.25) is 9.48 Å². The summed E-state index contributed by atoms with van der Waals surface area (Å²) in [5.74, 6) is -0.485. The van der Waals surface area contributed by atoms with Crippen LogP contribution >= 0.6 is 0 Å². The maximum Gasteiger partial charge on any atom is 0.253 e. The van der Waals surface area contributed by atoms with Crippen LogP contribution in [-0.4, -0.2) is 57.8 Å². The molecule has 3 heterocycles. The smallest absolute Gasteiger partial charge is 0.253 e. The number of carbonyl (C=O) groups is 1. The lowest BCUT2D eigenvalue weighted by atomic mass is 10.1. The molecule has 2 aromatic carbocycles. The van der Waals surface area contributed by atoms with Crippen LogP contribution in [0.2, 0.25) is 0 Å². The topological polar surface area (TPSA) is 90.5 Å². The number of rotatable bonds is 6. The van der Waals surface area contributed by atoms with Crippen molar-refractivity contribution in [1.29, 1.82) is 0 Å². The molecule has 0 spiro atoms. The maximum atomic E-state index is 15.0. The van der Waals surface area contributed by atoms with Crippen molar-refractivity contribution in [2.45, 2.75) is 25.1 Å². The van der Waals surface area contributed by atoms with E-state index in [1.807, 2.05) is 48.3 Å². The van der Waals surface area contributed by atoms with E-state index in [4.69, 9.17) is 9.47 Å². The van der Waals surface area contributed by atoms with Crippen molar-refractivity contribution in [2.75, 3.05) is 20.3 Å². The van der Waals surface area contributed by atoms with E-state index in [1.54, 1.807) is 16.9 Å². The van der Waals surface area contributed by atoms with Crippen LogP contribution in [0, 0.1) is 5.82 Å². The van der Waals surface area contributed by atoms with Crippen LogP contribution in [0.5, 0.6) is 5.75 Å². The SMILES string of the molecule is COc1ccc(F)c2c(C(=O)N[C@H]3CCOC[C@@H]3O)cn(Cc3ccc(-c4cnn(C)c4)cc3)c12. The molecule has 4 aromatic rings. The number of methoxy groups -OCH3 is 1. The molecule has 8 nitrogen and oxygen atoms in total. The van der Waals surface area contributed by atoms with E-state index in [1.165, 1.54) is 13.2 Å². The first-order valence-electron chi connectivity index (χ1n) is 11.4. The number of aliphatic hydroxyl groups is 1. The zero-order chi connectivity index (χ0) is 24.5. The van der Waals surface area contributed by atoms with Gasteiger partial charge in [-0.1, -0.05) is 24.3 Å². The molecule has 1 aliphatic heterocycles. The lowest BCUT2D eigenvalue weighted by molar-refractivity contribution is -0.0260. The predicted octanol–water partition coefficient (Wildman–Crippen LogP) is 3.12. The zero-order valence-corrected chi connectivity index (χ0v) is 19.6. The summed E-state index contributed by atoms with van der Waals surface area (Å²) in [6.07, 6.45) is 5.08. The quantitative estimate of drug-likeness (QED) is 0.445. The second-order valence-corrected chi connectivity index (χ2v) is 8.75. The molecule has 5 rings (SSSR count). The molecule has 1 saturated heterocycles. The first kappa shape index (κ1) is 23.1. The molecular weight excluding hydrogens is 451 g/mol. The number of nitrogens with zero attached hydrogens (tertiary/aromatic N) is 3. The molecule has 2 N–H and O–H groups in total. The maximum absolute atomic E-state index is 15.0. The average Bonchev–Trinajstić information content (AvgIpc) is 3.46. The monoisotopic (exact) mass is 478 g/mol.